The fraction of sp³-hybridized carbons (Fsp3) is 1.00. The van der Waals surface area contributed by atoms with Crippen LogP contribution >= 0.6 is 0 Å². The van der Waals surface area contributed by atoms with Gasteiger partial charge in [-0.05, 0) is 19.4 Å². The van der Waals surface area contributed by atoms with E-state index in [0.29, 0.717) is 6.04 Å². The molecule has 0 rings (SSSR count). The number of ether oxygens (including phenoxy) is 2. The zero-order valence-electron chi connectivity index (χ0n) is 12.7. The number of hydrogen-bond donors (Lipinski definition) is 1. The molecule has 0 fully saturated rings. The van der Waals surface area contributed by atoms with Gasteiger partial charge in [-0.1, -0.05) is 20.3 Å². The third-order valence-corrected chi connectivity index (χ3v) is 3.02. The highest BCUT2D eigenvalue weighted by atomic mass is 16.5. The first-order valence-electron chi connectivity index (χ1n) is 7.22. The molecule has 0 radical (unpaired) electrons. The van der Waals surface area contributed by atoms with Gasteiger partial charge < -0.3 is 14.8 Å². The van der Waals surface area contributed by atoms with Gasteiger partial charge in [-0.3, -0.25) is 4.90 Å². The molecule has 0 aromatic carbocycles. The molecule has 0 aliphatic heterocycles. The molecule has 0 amide bonds. The summed E-state index contributed by atoms with van der Waals surface area (Å²) >= 11 is 0. The Morgan fingerprint density at radius 3 is 2.06 bits per heavy atom. The molecule has 1 N–H and O–H groups in total. The zero-order chi connectivity index (χ0) is 13.6. The Hall–Kier alpha value is -0.160. The maximum absolute atomic E-state index is 5.17. The molecule has 0 bridgehead atoms. The summed E-state index contributed by atoms with van der Waals surface area (Å²) in [6, 6.07) is 0.587. The Labute approximate surface area is 113 Å². The van der Waals surface area contributed by atoms with Crippen LogP contribution in [-0.2, 0) is 9.47 Å². The highest BCUT2D eigenvalue weighted by Crippen LogP contribution is 2.01. The summed E-state index contributed by atoms with van der Waals surface area (Å²) in [5, 5.41) is 3.63. The van der Waals surface area contributed by atoms with Crippen LogP contribution in [-0.4, -0.2) is 64.6 Å². The molecule has 0 aromatic rings. The molecule has 0 aliphatic rings. The first kappa shape index (κ1) is 17.8. The van der Waals surface area contributed by atoms with Crippen molar-refractivity contribution in [2.24, 2.45) is 0 Å². The molecule has 0 heterocycles. The Morgan fingerprint density at radius 2 is 1.61 bits per heavy atom. The Bertz CT molecular complexity index is 160. The van der Waals surface area contributed by atoms with E-state index < -0.39 is 0 Å². The largest absolute Gasteiger partial charge is 0.383 e. The van der Waals surface area contributed by atoms with Crippen LogP contribution in [0.3, 0.4) is 0 Å². The van der Waals surface area contributed by atoms with Crippen molar-refractivity contribution in [1.29, 1.82) is 0 Å². The zero-order valence-corrected chi connectivity index (χ0v) is 12.7. The van der Waals surface area contributed by atoms with E-state index in [1.807, 2.05) is 0 Å². The molecule has 1 atom stereocenters. The van der Waals surface area contributed by atoms with Gasteiger partial charge in [-0.15, -0.1) is 0 Å². The molecule has 0 aliphatic carbocycles. The topological polar surface area (TPSA) is 33.7 Å². The van der Waals surface area contributed by atoms with Gasteiger partial charge in [0.05, 0.1) is 13.2 Å². The minimum atomic E-state index is 0.587. The van der Waals surface area contributed by atoms with Gasteiger partial charge in [-0.25, -0.2) is 0 Å². The highest BCUT2D eigenvalue weighted by Gasteiger charge is 2.12. The molecule has 110 valence electrons. The Kier molecular flexibility index (Phi) is 13.2. The number of nitrogens with zero attached hydrogens (tertiary/aromatic N) is 1. The lowest BCUT2D eigenvalue weighted by atomic mass is 10.1. The first-order chi connectivity index (χ1) is 8.78. The minimum absolute atomic E-state index is 0.587. The van der Waals surface area contributed by atoms with E-state index in [1.54, 1.807) is 14.2 Å². The van der Waals surface area contributed by atoms with Crippen LogP contribution in [0.25, 0.3) is 0 Å². The molecule has 4 heteroatoms. The van der Waals surface area contributed by atoms with Crippen LogP contribution < -0.4 is 5.32 Å². The van der Waals surface area contributed by atoms with Crippen molar-refractivity contribution in [3.05, 3.63) is 0 Å². The van der Waals surface area contributed by atoms with E-state index in [4.69, 9.17) is 9.47 Å². The highest BCUT2D eigenvalue weighted by molar-refractivity contribution is 4.72. The smallest absolute Gasteiger partial charge is 0.0589 e. The fourth-order valence-corrected chi connectivity index (χ4v) is 2.00. The molecule has 1 unspecified atom stereocenters. The summed E-state index contributed by atoms with van der Waals surface area (Å²) in [5.74, 6) is 0. The van der Waals surface area contributed by atoms with Crippen molar-refractivity contribution in [3.63, 3.8) is 0 Å². The fourth-order valence-electron chi connectivity index (χ4n) is 2.00. The summed E-state index contributed by atoms with van der Waals surface area (Å²) in [5.41, 5.74) is 0. The predicted octanol–water partition coefficient (Wildman–Crippen LogP) is 1.75. The average Bonchev–Trinajstić information content (AvgIpc) is 2.39. The third kappa shape index (κ3) is 9.83. The Balaban J connectivity index is 4.09. The molecule has 0 saturated carbocycles. The van der Waals surface area contributed by atoms with Gasteiger partial charge >= 0.3 is 0 Å². The Morgan fingerprint density at radius 1 is 1.00 bits per heavy atom. The van der Waals surface area contributed by atoms with Gasteiger partial charge in [0.15, 0.2) is 0 Å². The van der Waals surface area contributed by atoms with Crippen LogP contribution in [0.15, 0.2) is 0 Å². The lowest BCUT2D eigenvalue weighted by Gasteiger charge is -2.27. The summed E-state index contributed by atoms with van der Waals surface area (Å²) in [7, 11) is 3.51. The standard InChI is InChI=1S/C14H32N2O2/c1-5-7-14(15-8-6-2)13-16(9-11-17-3)10-12-18-4/h14-15H,5-13H2,1-4H3. The third-order valence-electron chi connectivity index (χ3n) is 3.02. The second-order valence-electron chi connectivity index (χ2n) is 4.73. The van der Waals surface area contributed by atoms with Crippen molar-refractivity contribution in [2.75, 3.05) is 53.6 Å². The van der Waals surface area contributed by atoms with Gasteiger partial charge in [0.25, 0.3) is 0 Å². The van der Waals surface area contributed by atoms with Crippen LogP contribution in [0.5, 0.6) is 0 Å². The normalized spacial score (nSPS) is 13.2. The predicted molar refractivity (Wildman–Crippen MR) is 77.2 cm³/mol. The maximum atomic E-state index is 5.17. The molecule has 18 heavy (non-hydrogen) atoms. The molecule has 4 nitrogen and oxygen atoms in total. The average molecular weight is 260 g/mol. The number of hydrogen-bond acceptors (Lipinski definition) is 4. The quantitative estimate of drug-likeness (QED) is 0.547. The van der Waals surface area contributed by atoms with E-state index in [0.717, 1.165) is 39.4 Å². The second-order valence-corrected chi connectivity index (χ2v) is 4.73. The van der Waals surface area contributed by atoms with Crippen LogP contribution in [0.2, 0.25) is 0 Å². The molecular formula is C14H32N2O2. The lowest BCUT2D eigenvalue weighted by Crippen LogP contribution is -2.43. The molecular weight excluding hydrogens is 228 g/mol. The van der Waals surface area contributed by atoms with Gasteiger partial charge in [-0.2, -0.15) is 0 Å². The number of nitrogens with one attached hydrogen (secondary N) is 1. The van der Waals surface area contributed by atoms with Gasteiger partial charge in [0.1, 0.15) is 0 Å². The van der Waals surface area contributed by atoms with Crippen molar-refractivity contribution >= 4 is 0 Å². The molecule has 0 saturated heterocycles. The van der Waals surface area contributed by atoms with E-state index in [2.05, 4.69) is 24.1 Å². The van der Waals surface area contributed by atoms with Crippen molar-refractivity contribution in [1.82, 2.24) is 10.2 Å². The van der Waals surface area contributed by atoms with Crippen LogP contribution in [0.1, 0.15) is 33.1 Å². The lowest BCUT2D eigenvalue weighted by molar-refractivity contribution is 0.107. The van der Waals surface area contributed by atoms with E-state index in [9.17, 15) is 0 Å². The summed E-state index contributed by atoms with van der Waals surface area (Å²) < 4.78 is 10.3. The maximum Gasteiger partial charge on any atom is 0.0589 e. The number of methoxy groups -OCH3 is 2. The van der Waals surface area contributed by atoms with Crippen molar-refractivity contribution in [2.45, 2.75) is 39.2 Å². The van der Waals surface area contributed by atoms with Crippen molar-refractivity contribution in [3.8, 4) is 0 Å². The minimum Gasteiger partial charge on any atom is -0.383 e. The van der Waals surface area contributed by atoms with E-state index in [-0.39, 0.29) is 0 Å². The van der Waals surface area contributed by atoms with Crippen LogP contribution in [0, 0.1) is 0 Å². The van der Waals surface area contributed by atoms with Crippen LogP contribution in [0.4, 0.5) is 0 Å². The number of rotatable bonds is 13. The van der Waals surface area contributed by atoms with E-state index in [1.165, 1.54) is 19.3 Å². The van der Waals surface area contributed by atoms with Gasteiger partial charge in [0.2, 0.25) is 0 Å². The SMILES string of the molecule is CCCNC(CCC)CN(CCOC)CCOC. The van der Waals surface area contributed by atoms with Gasteiger partial charge in [0, 0.05) is 39.9 Å². The first-order valence-corrected chi connectivity index (χ1v) is 7.22. The van der Waals surface area contributed by atoms with Crippen molar-refractivity contribution < 1.29 is 9.47 Å². The monoisotopic (exact) mass is 260 g/mol. The summed E-state index contributed by atoms with van der Waals surface area (Å²) in [6.45, 7) is 10.2. The molecule has 0 aromatic heterocycles. The summed E-state index contributed by atoms with van der Waals surface area (Å²) in [4.78, 5) is 2.43. The summed E-state index contributed by atoms with van der Waals surface area (Å²) in [6.07, 6.45) is 3.65. The second kappa shape index (κ2) is 13.3. The van der Waals surface area contributed by atoms with E-state index >= 15 is 0 Å². The molecule has 0 spiro atoms.